The Labute approximate surface area is 148 Å². The number of amides is 2. The van der Waals surface area contributed by atoms with Gasteiger partial charge in [-0.3, -0.25) is 9.59 Å². The van der Waals surface area contributed by atoms with E-state index < -0.39 is 6.04 Å². The molecule has 0 spiro atoms. The lowest BCUT2D eigenvalue weighted by molar-refractivity contribution is -0.128. The van der Waals surface area contributed by atoms with Gasteiger partial charge in [0.15, 0.2) is 0 Å². The summed E-state index contributed by atoms with van der Waals surface area (Å²) in [4.78, 5) is 24.4. The van der Waals surface area contributed by atoms with Crippen molar-refractivity contribution < 1.29 is 14.3 Å². The fourth-order valence-electron chi connectivity index (χ4n) is 2.14. The third-order valence-electron chi connectivity index (χ3n) is 3.87. The first-order valence-corrected chi connectivity index (χ1v) is 8.29. The highest BCUT2D eigenvalue weighted by Gasteiger charge is 2.24. The molecule has 0 bridgehead atoms. The van der Waals surface area contributed by atoms with E-state index in [4.69, 9.17) is 10.00 Å². The number of methoxy groups -OCH3 is 1. The number of nitrogens with zero attached hydrogens (tertiary/aromatic N) is 1. The molecule has 6 nitrogen and oxygen atoms in total. The molecule has 134 valence electrons. The number of ether oxygens (including phenoxy) is 1. The Hall–Kier alpha value is -2.81. The third-order valence-corrected chi connectivity index (χ3v) is 3.87. The van der Waals surface area contributed by atoms with Crippen LogP contribution in [0.25, 0.3) is 6.08 Å². The van der Waals surface area contributed by atoms with E-state index >= 15 is 0 Å². The molecule has 1 aromatic rings. The van der Waals surface area contributed by atoms with Crippen LogP contribution in [-0.4, -0.2) is 31.5 Å². The summed E-state index contributed by atoms with van der Waals surface area (Å²) in [6, 6.07) is 8.63. The molecule has 0 radical (unpaired) electrons. The van der Waals surface area contributed by atoms with Crippen LogP contribution in [0.2, 0.25) is 0 Å². The minimum absolute atomic E-state index is 0.0135. The topological polar surface area (TPSA) is 91.2 Å². The zero-order valence-corrected chi connectivity index (χ0v) is 14.9. The molecule has 0 unspecified atom stereocenters. The molecule has 1 aromatic carbocycles. The summed E-state index contributed by atoms with van der Waals surface area (Å²) in [6.07, 6.45) is 4.07. The Bertz CT molecular complexity index is 632. The lowest BCUT2D eigenvalue weighted by atomic mass is 9.98. The van der Waals surface area contributed by atoms with Gasteiger partial charge in [0.1, 0.15) is 11.8 Å². The van der Waals surface area contributed by atoms with Gasteiger partial charge in [-0.05, 0) is 29.7 Å². The van der Waals surface area contributed by atoms with E-state index in [9.17, 15) is 9.59 Å². The number of carbonyl (C=O) groups is 2. The number of benzene rings is 1. The van der Waals surface area contributed by atoms with Crippen molar-refractivity contribution in [1.29, 1.82) is 5.26 Å². The first-order chi connectivity index (χ1) is 12.0. The van der Waals surface area contributed by atoms with Crippen molar-refractivity contribution in [3.63, 3.8) is 0 Å². The second kappa shape index (κ2) is 10.9. The van der Waals surface area contributed by atoms with Gasteiger partial charge in [-0.1, -0.05) is 32.4 Å². The molecule has 0 heterocycles. The van der Waals surface area contributed by atoms with E-state index in [1.807, 2.05) is 44.2 Å². The van der Waals surface area contributed by atoms with Crippen molar-refractivity contribution >= 4 is 17.9 Å². The number of rotatable bonds is 9. The smallest absolute Gasteiger partial charge is 0.244 e. The van der Waals surface area contributed by atoms with E-state index in [-0.39, 0.29) is 30.7 Å². The molecule has 25 heavy (non-hydrogen) atoms. The van der Waals surface area contributed by atoms with Crippen LogP contribution in [0.15, 0.2) is 30.3 Å². The zero-order chi connectivity index (χ0) is 18.7. The highest BCUT2D eigenvalue weighted by molar-refractivity contribution is 5.95. The molecule has 0 fully saturated rings. The first kappa shape index (κ1) is 20.2. The van der Waals surface area contributed by atoms with Crippen molar-refractivity contribution in [2.24, 2.45) is 5.92 Å². The quantitative estimate of drug-likeness (QED) is 0.531. The van der Waals surface area contributed by atoms with Gasteiger partial charge in [-0.25, -0.2) is 0 Å². The van der Waals surface area contributed by atoms with Gasteiger partial charge in [0.25, 0.3) is 0 Å². The predicted molar refractivity (Wildman–Crippen MR) is 96.7 cm³/mol. The molecule has 2 N–H and O–H groups in total. The second-order valence-electron chi connectivity index (χ2n) is 5.68. The van der Waals surface area contributed by atoms with Crippen molar-refractivity contribution in [3.05, 3.63) is 35.9 Å². The van der Waals surface area contributed by atoms with Gasteiger partial charge in [0.05, 0.1) is 19.6 Å². The summed E-state index contributed by atoms with van der Waals surface area (Å²) in [5.41, 5.74) is 0.856. The van der Waals surface area contributed by atoms with Crippen LogP contribution in [0.1, 0.15) is 32.3 Å². The summed E-state index contributed by atoms with van der Waals surface area (Å²) in [7, 11) is 1.59. The van der Waals surface area contributed by atoms with E-state index in [2.05, 4.69) is 10.6 Å². The third kappa shape index (κ3) is 7.08. The lowest BCUT2D eigenvalue weighted by Gasteiger charge is -2.22. The average Bonchev–Trinajstić information content (AvgIpc) is 2.64. The molecular weight excluding hydrogens is 318 g/mol. The average molecular weight is 343 g/mol. The highest BCUT2D eigenvalue weighted by atomic mass is 16.5. The van der Waals surface area contributed by atoms with Crippen LogP contribution in [0, 0.1) is 17.2 Å². The molecule has 6 heteroatoms. The van der Waals surface area contributed by atoms with Gasteiger partial charge in [0, 0.05) is 12.6 Å². The highest BCUT2D eigenvalue weighted by Crippen LogP contribution is 2.12. The van der Waals surface area contributed by atoms with E-state index in [1.54, 1.807) is 13.2 Å². The van der Waals surface area contributed by atoms with Crippen LogP contribution in [0.3, 0.4) is 0 Å². The zero-order valence-electron chi connectivity index (χ0n) is 14.9. The minimum atomic E-state index is -0.628. The summed E-state index contributed by atoms with van der Waals surface area (Å²) in [5, 5.41) is 14.0. The number of nitriles is 1. The monoisotopic (exact) mass is 343 g/mol. The maximum absolute atomic E-state index is 12.2. The Balaban J connectivity index is 2.68. The van der Waals surface area contributed by atoms with Gasteiger partial charge in [-0.2, -0.15) is 5.26 Å². The van der Waals surface area contributed by atoms with Crippen molar-refractivity contribution in [1.82, 2.24) is 10.6 Å². The van der Waals surface area contributed by atoms with E-state index in [1.165, 1.54) is 6.08 Å². The van der Waals surface area contributed by atoms with Gasteiger partial charge in [0.2, 0.25) is 11.8 Å². The van der Waals surface area contributed by atoms with Crippen LogP contribution < -0.4 is 15.4 Å². The molecule has 2 amide bonds. The molecule has 0 saturated heterocycles. The molecule has 0 aliphatic heterocycles. The number of carbonyl (C=O) groups excluding carboxylic acids is 2. The molecule has 0 aliphatic carbocycles. The Morgan fingerprint density at radius 2 is 2.00 bits per heavy atom. The van der Waals surface area contributed by atoms with Crippen LogP contribution in [-0.2, 0) is 9.59 Å². The predicted octanol–water partition coefficient (Wildman–Crippen LogP) is 2.27. The lowest BCUT2D eigenvalue weighted by Crippen LogP contribution is -2.50. The summed E-state index contributed by atoms with van der Waals surface area (Å²) >= 11 is 0. The summed E-state index contributed by atoms with van der Waals surface area (Å²) in [5.74, 6) is 0.125. The SMILES string of the molecule is CC[C@H](C)[C@H](NC(=O)/C=C/c1ccc(OC)cc1)C(=O)NCCC#N. The maximum Gasteiger partial charge on any atom is 0.244 e. The fourth-order valence-corrected chi connectivity index (χ4v) is 2.14. The Morgan fingerprint density at radius 3 is 2.56 bits per heavy atom. The first-order valence-electron chi connectivity index (χ1n) is 8.29. The van der Waals surface area contributed by atoms with E-state index in [0.717, 1.165) is 17.7 Å². The standard InChI is InChI=1S/C19H25N3O3/c1-4-14(2)18(19(24)21-13-5-12-20)22-17(23)11-8-15-6-9-16(25-3)10-7-15/h6-11,14,18H,4-5,13H2,1-3H3,(H,21,24)(H,22,23)/b11-8+/t14-,18-/m0/s1. The molecule has 0 saturated carbocycles. The van der Waals surface area contributed by atoms with Crippen LogP contribution in [0.4, 0.5) is 0 Å². The summed E-state index contributed by atoms with van der Waals surface area (Å²) < 4.78 is 5.08. The molecule has 2 atom stereocenters. The molecule has 0 aliphatic rings. The maximum atomic E-state index is 12.2. The molecular formula is C19H25N3O3. The molecule has 1 rings (SSSR count). The van der Waals surface area contributed by atoms with Gasteiger partial charge < -0.3 is 15.4 Å². The molecule has 0 aromatic heterocycles. The number of nitrogens with one attached hydrogen (secondary N) is 2. The van der Waals surface area contributed by atoms with Crippen LogP contribution in [0.5, 0.6) is 5.75 Å². The number of hydrogen-bond donors (Lipinski definition) is 2. The Kier molecular flexibility index (Phi) is 8.80. The van der Waals surface area contributed by atoms with Gasteiger partial charge in [-0.15, -0.1) is 0 Å². The Morgan fingerprint density at radius 1 is 1.32 bits per heavy atom. The van der Waals surface area contributed by atoms with Crippen molar-refractivity contribution in [3.8, 4) is 11.8 Å². The fraction of sp³-hybridized carbons (Fsp3) is 0.421. The normalized spacial score (nSPS) is 12.9. The van der Waals surface area contributed by atoms with Crippen LogP contribution >= 0.6 is 0 Å². The van der Waals surface area contributed by atoms with Crippen molar-refractivity contribution in [2.45, 2.75) is 32.7 Å². The summed E-state index contributed by atoms with van der Waals surface area (Å²) in [6.45, 7) is 4.14. The van der Waals surface area contributed by atoms with Crippen molar-refractivity contribution in [2.75, 3.05) is 13.7 Å². The largest absolute Gasteiger partial charge is 0.497 e. The number of hydrogen-bond acceptors (Lipinski definition) is 4. The van der Waals surface area contributed by atoms with Gasteiger partial charge >= 0.3 is 0 Å². The second-order valence-corrected chi connectivity index (χ2v) is 5.68. The minimum Gasteiger partial charge on any atom is -0.497 e. The van der Waals surface area contributed by atoms with E-state index in [0.29, 0.717) is 0 Å².